The lowest BCUT2D eigenvalue weighted by atomic mass is 10.0. The zero-order valence-electron chi connectivity index (χ0n) is 13.5. The maximum Gasteiger partial charge on any atom is 0.408 e. The monoisotopic (exact) mass is 306 g/mol. The van der Waals surface area contributed by atoms with E-state index in [0.717, 1.165) is 0 Å². The van der Waals surface area contributed by atoms with Crippen molar-refractivity contribution in [1.82, 2.24) is 5.32 Å². The number of Topliss-reactive ketones (excluding diaryl/α,β-unsaturated/α-hetero) is 1. The Morgan fingerprint density at radius 3 is 2.27 bits per heavy atom. The number of benzene rings is 1. The smallest absolute Gasteiger partial charge is 0.408 e. The summed E-state index contributed by atoms with van der Waals surface area (Å²) < 4.78 is 5.12. The van der Waals surface area contributed by atoms with Crippen LogP contribution in [0.15, 0.2) is 24.3 Å². The number of carbonyl (C=O) groups excluding carboxylic acids is 3. The highest BCUT2D eigenvalue weighted by atomic mass is 16.6. The van der Waals surface area contributed by atoms with Crippen molar-refractivity contribution in [3.8, 4) is 0 Å². The Morgan fingerprint density at radius 1 is 1.14 bits per heavy atom. The molecule has 1 aromatic carbocycles. The van der Waals surface area contributed by atoms with Crippen LogP contribution >= 0.6 is 0 Å². The molecule has 0 saturated heterocycles. The SMILES string of the molecule is CC(=O)Nc1ccccc1C(=O)C(C)NC(=O)OC(C)(C)C. The second-order valence-electron chi connectivity index (χ2n) is 5.96. The van der Waals surface area contributed by atoms with Crippen molar-refractivity contribution < 1.29 is 19.1 Å². The van der Waals surface area contributed by atoms with E-state index >= 15 is 0 Å². The Labute approximate surface area is 130 Å². The van der Waals surface area contributed by atoms with Crippen LogP contribution < -0.4 is 10.6 Å². The van der Waals surface area contributed by atoms with Gasteiger partial charge in [0.2, 0.25) is 5.91 Å². The van der Waals surface area contributed by atoms with Crippen molar-refractivity contribution in [2.45, 2.75) is 46.3 Å². The number of ether oxygens (including phenoxy) is 1. The van der Waals surface area contributed by atoms with Gasteiger partial charge in [-0.25, -0.2) is 4.79 Å². The van der Waals surface area contributed by atoms with Gasteiger partial charge in [-0.15, -0.1) is 0 Å². The number of hydrogen-bond acceptors (Lipinski definition) is 4. The van der Waals surface area contributed by atoms with Gasteiger partial charge in [0.25, 0.3) is 0 Å². The first-order valence-electron chi connectivity index (χ1n) is 7.00. The van der Waals surface area contributed by atoms with Gasteiger partial charge in [-0.2, -0.15) is 0 Å². The summed E-state index contributed by atoms with van der Waals surface area (Å²) in [5.74, 6) is -0.580. The zero-order valence-corrected chi connectivity index (χ0v) is 13.5. The molecule has 0 saturated carbocycles. The molecule has 0 aliphatic heterocycles. The average molecular weight is 306 g/mol. The summed E-state index contributed by atoms with van der Waals surface area (Å²) in [4.78, 5) is 35.3. The molecule has 6 heteroatoms. The topological polar surface area (TPSA) is 84.5 Å². The standard InChI is InChI=1S/C16H22N2O4/c1-10(17-15(21)22-16(3,4)5)14(20)12-8-6-7-9-13(12)18-11(2)19/h6-10H,1-5H3,(H,17,21)(H,18,19). The number of nitrogens with one attached hydrogen (secondary N) is 2. The number of ketones is 1. The lowest BCUT2D eigenvalue weighted by molar-refractivity contribution is -0.114. The molecule has 0 heterocycles. The molecule has 1 unspecified atom stereocenters. The maximum atomic E-state index is 12.4. The molecule has 2 amide bonds. The van der Waals surface area contributed by atoms with E-state index in [1.54, 1.807) is 52.0 Å². The van der Waals surface area contributed by atoms with Gasteiger partial charge in [-0.3, -0.25) is 9.59 Å². The Kier molecular flexibility index (Phi) is 5.68. The third-order valence-corrected chi connectivity index (χ3v) is 2.63. The van der Waals surface area contributed by atoms with Crippen LogP contribution in [0, 0.1) is 0 Å². The summed E-state index contributed by atoms with van der Waals surface area (Å²) in [6.07, 6.45) is -0.662. The van der Waals surface area contributed by atoms with Crippen LogP contribution in [0.25, 0.3) is 0 Å². The second kappa shape index (κ2) is 7.06. The summed E-state index contributed by atoms with van der Waals surface area (Å²) >= 11 is 0. The number of alkyl carbamates (subject to hydrolysis) is 1. The minimum atomic E-state index is -0.773. The number of hydrogen-bond donors (Lipinski definition) is 2. The molecule has 0 radical (unpaired) electrons. The van der Waals surface area contributed by atoms with Crippen molar-refractivity contribution >= 4 is 23.5 Å². The molecule has 0 bridgehead atoms. The van der Waals surface area contributed by atoms with Crippen molar-refractivity contribution in [1.29, 1.82) is 0 Å². The van der Waals surface area contributed by atoms with Gasteiger partial charge < -0.3 is 15.4 Å². The summed E-state index contributed by atoms with van der Waals surface area (Å²) in [6.45, 7) is 8.15. The molecule has 0 spiro atoms. The second-order valence-corrected chi connectivity index (χ2v) is 5.96. The van der Waals surface area contributed by atoms with Gasteiger partial charge in [0.05, 0.1) is 11.7 Å². The van der Waals surface area contributed by atoms with Crippen LogP contribution in [0.1, 0.15) is 45.0 Å². The van der Waals surface area contributed by atoms with E-state index in [9.17, 15) is 14.4 Å². The largest absolute Gasteiger partial charge is 0.444 e. The number of para-hydroxylation sites is 1. The fraction of sp³-hybridized carbons (Fsp3) is 0.438. The van der Waals surface area contributed by atoms with Crippen molar-refractivity contribution in [3.63, 3.8) is 0 Å². The quantitative estimate of drug-likeness (QED) is 0.838. The van der Waals surface area contributed by atoms with Crippen LogP contribution in [-0.4, -0.2) is 29.4 Å². The Balaban J connectivity index is 2.83. The fourth-order valence-electron chi connectivity index (χ4n) is 1.78. The van der Waals surface area contributed by atoms with Crippen molar-refractivity contribution in [2.75, 3.05) is 5.32 Å². The lowest BCUT2D eigenvalue weighted by Gasteiger charge is -2.22. The summed E-state index contributed by atoms with van der Waals surface area (Å²) in [5.41, 5.74) is 0.111. The highest BCUT2D eigenvalue weighted by molar-refractivity contribution is 6.07. The van der Waals surface area contributed by atoms with Gasteiger partial charge in [0.15, 0.2) is 5.78 Å². The van der Waals surface area contributed by atoms with E-state index in [-0.39, 0.29) is 11.7 Å². The first kappa shape index (κ1) is 17.7. The van der Waals surface area contributed by atoms with E-state index in [0.29, 0.717) is 11.3 Å². The molecule has 0 fully saturated rings. The third kappa shape index (κ3) is 5.55. The Bertz CT molecular complexity index is 576. The molecule has 1 atom stereocenters. The molecule has 0 aliphatic carbocycles. The van der Waals surface area contributed by atoms with E-state index in [1.807, 2.05) is 0 Å². The molecule has 120 valence electrons. The van der Waals surface area contributed by atoms with Gasteiger partial charge in [-0.05, 0) is 39.8 Å². The van der Waals surface area contributed by atoms with Crippen molar-refractivity contribution in [3.05, 3.63) is 29.8 Å². The lowest BCUT2D eigenvalue weighted by Crippen LogP contribution is -2.41. The molecule has 1 rings (SSSR count). The fourth-order valence-corrected chi connectivity index (χ4v) is 1.78. The molecular weight excluding hydrogens is 284 g/mol. The molecular formula is C16H22N2O4. The highest BCUT2D eigenvalue weighted by Crippen LogP contribution is 2.17. The molecule has 22 heavy (non-hydrogen) atoms. The van der Waals surface area contributed by atoms with Gasteiger partial charge >= 0.3 is 6.09 Å². The van der Waals surface area contributed by atoms with E-state index in [1.165, 1.54) is 6.92 Å². The molecule has 1 aromatic rings. The number of anilines is 1. The highest BCUT2D eigenvalue weighted by Gasteiger charge is 2.23. The summed E-state index contributed by atoms with van der Waals surface area (Å²) in [6, 6.07) is 5.87. The minimum Gasteiger partial charge on any atom is -0.444 e. The van der Waals surface area contributed by atoms with E-state index in [2.05, 4.69) is 10.6 Å². The summed E-state index contributed by atoms with van der Waals surface area (Å²) in [7, 11) is 0. The van der Waals surface area contributed by atoms with Gasteiger partial charge in [0.1, 0.15) is 5.60 Å². The van der Waals surface area contributed by atoms with Gasteiger partial charge in [-0.1, -0.05) is 12.1 Å². The predicted molar refractivity (Wildman–Crippen MR) is 83.9 cm³/mol. The maximum absolute atomic E-state index is 12.4. The molecule has 2 N–H and O–H groups in total. The normalized spacial score (nSPS) is 12.2. The Hall–Kier alpha value is -2.37. The van der Waals surface area contributed by atoms with Gasteiger partial charge in [0, 0.05) is 12.5 Å². The summed E-state index contributed by atoms with van der Waals surface area (Å²) in [5, 5.41) is 5.09. The minimum absolute atomic E-state index is 0.270. The number of rotatable bonds is 4. The number of amides is 2. The van der Waals surface area contributed by atoms with E-state index in [4.69, 9.17) is 4.74 Å². The third-order valence-electron chi connectivity index (χ3n) is 2.63. The molecule has 0 aromatic heterocycles. The van der Waals surface area contributed by atoms with Crippen LogP contribution in [0.3, 0.4) is 0 Å². The van der Waals surface area contributed by atoms with Crippen molar-refractivity contribution in [2.24, 2.45) is 0 Å². The average Bonchev–Trinajstić information content (AvgIpc) is 2.35. The van der Waals surface area contributed by atoms with Crippen LogP contribution in [0.2, 0.25) is 0 Å². The van der Waals surface area contributed by atoms with Crippen LogP contribution in [-0.2, 0) is 9.53 Å². The Morgan fingerprint density at radius 2 is 1.73 bits per heavy atom. The zero-order chi connectivity index (χ0) is 16.9. The van der Waals surface area contributed by atoms with Crippen LogP contribution in [0.4, 0.5) is 10.5 Å². The van der Waals surface area contributed by atoms with E-state index < -0.39 is 17.7 Å². The first-order valence-corrected chi connectivity index (χ1v) is 7.00. The molecule has 0 aliphatic rings. The van der Waals surface area contributed by atoms with Crippen LogP contribution in [0.5, 0.6) is 0 Å². The number of carbonyl (C=O) groups is 3. The molecule has 6 nitrogen and oxygen atoms in total. The predicted octanol–water partition coefficient (Wildman–Crippen LogP) is 2.74. The first-order chi connectivity index (χ1) is 10.1.